The molecule has 35 heavy (non-hydrogen) atoms. The van der Waals surface area contributed by atoms with E-state index >= 15 is 0 Å². The minimum absolute atomic E-state index is 0.000188. The largest absolute Gasteiger partial charge is 0.337 e. The molecule has 0 atom stereocenters. The van der Waals surface area contributed by atoms with E-state index in [1.165, 1.54) is 5.56 Å². The second-order valence-corrected chi connectivity index (χ2v) is 10.1. The Hall–Kier alpha value is -3.77. The van der Waals surface area contributed by atoms with Crippen LogP contribution in [0.25, 0.3) is 26.6 Å². The van der Waals surface area contributed by atoms with Gasteiger partial charge in [-0.05, 0) is 48.9 Å². The standard InChI is InChI=1S/C29H26N4OS/c34-28(32-17-15-22(16-18-32)19-21-9-3-1-4-10-21)25-20-26(23-11-5-2-6-12-23)33(31-25)29-30-24-13-7-8-14-27(24)35-29/h1-14,20,22H,15-19H2. The van der Waals surface area contributed by atoms with Crippen LogP contribution in [0.2, 0.25) is 0 Å². The number of nitrogens with zero attached hydrogens (tertiary/aromatic N) is 4. The summed E-state index contributed by atoms with van der Waals surface area (Å²) in [5.41, 5.74) is 4.69. The smallest absolute Gasteiger partial charge is 0.274 e. The lowest BCUT2D eigenvalue weighted by Gasteiger charge is -2.31. The number of carbonyl (C=O) groups is 1. The van der Waals surface area contributed by atoms with Crippen LogP contribution in [0, 0.1) is 5.92 Å². The lowest BCUT2D eigenvalue weighted by Crippen LogP contribution is -2.39. The Labute approximate surface area is 208 Å². The SMILES string of the molecule is O=C(c1cc(-c2ccccc2)n(-c2nc3ccccc3s2)n1)N1CCC(Cc2ccccc2)CC1. The van der Waals surface area contributed by atoms with Crippen LogP contribution in [0.3, 0.4) is 0 Å². The number of hydrogen-bond donors (Lipinski definition) is 0. The number of carbonyl (C=O) groups excluding carboxylic acids is 1. The summed E-state index contributed by atoms with van der Waals surface area (Å²) in [7, 11) is 0. The fourth-order valence-electron chi connectivity index (χ4n) is 4.85. The molecule has 1 saturated heterocycles. The van der Waals surface area contributed by atoms with Gasteiger partial charge in [0.25, 0.3) is 5.91 Å². The van der Waals surface area contributed by atoms with Crippen molar-refractivity contribution in [2.24, 2.45) is 5.92 Å². The van der Waals surface area contributed by atoms with Crippen molar-refractivity contribution in [1.82, 2.24) is 19.7 Å². The molecule has 174 valence electrons. The Balaban J connectivity index is 1.26. The number of aromatic nitrogens is 3. The molecule has 1 amide bonds. The first-order chi connectivity index (χ1) is 17.2. The molecule has 3 aromatic carbocycles. The van der Waals surface area contributed by atoms with Crippen molar-refractivity contribution in [2.45, 2.75) is 19.3 Å². The second kappa shape index (κ2) is 9.47. The fraction of sp³-hybridized carbons (Fsp3) is 0.207. The van der Waals surface area contributed by atoms with E-state index in [1.807, 2.05) is 64.2 Å². The molecule has 3 heterocycles. The van der Waals surface area contributed by atoms with E-state index in [0.29, 0.717) is 11.6 Å². The first kappa shape index (κ1) is 21.7. The fourth-order valence-corrected chi connectivity index (χ4v) is 5.78. The molecule has 5 aromatic rings. The van der Waals surface area contributed by atoms with Gasteiger partial charge >= 0.3 is 0 Å². The average Bonchev–Trinajstić information content (AvgIpc) is 3.55. The first-order valence-corrected chi connectivity index (χ1v) is 12.9. The van der Waals surface area contributed by atoms with E-state index in [4.69, 9.17) is 10.1 Å². The van der Waals surface area contributed by atoms with E-state index in [9.17, 15) is 4.79 Å². The van der Waals surface area contributed by atoms with Crippen LogP contribution in [-0.2, 0) is 6.42 Å². The van der Waals surface area contributed by atoms with Crippen LogP contribution in [0.4, 0.5) is 0 Å². The third-order valence-corrected chi connectivity index (χ3v) is 7.74. The molecular weight excluding hydrogens is 452 g/mol. The second-order valence-electron chi connectivity index (χ2n) is 9.08. The third-order valence-electron chi connectivity index (χ3n) is 6.73. The summed E-state index contributed by atoms with van der Waals surface area (Å²) >= 11 is 1.59. The number of hydrogen-bond acceptors (Lipinski definition) is 4. The van der Waals surface area contributed by atoms with Crippen molar-refractivity contribution in [3.63, 3.8) is 0 Å². The zero-order chi connectivity index (χ0) is 23.6. The Morgan fingerprint density at radius 1 is 0.886 bits per heavy atom. The summed E-state index contributed by atoms with van der Waals surface area (Å²) in [5.74, 6) is 0.613. The normalized spacial score (nSPS) is 14.5. The zero-order valence-corrected chi connectivity index (χ0v) is 20.2. The summed E-state index contributed by atoms with van der Waals surface area (Å²) in [6.07, 6.45) is 3.11. The van der Waals surface area contributed by atoms with Crippen molar-refractivity contribution in [1.29, 1.82) is 0 Å². The number of rotatable bonds is 5. The monoisotopic (exact) mass is 478 g/mol. The molecular formula is C29H26N4OS. The van der Waals surface area contributed by atoms with Gasteiger partial charge in [-0.25, -0.2) is 9.67 Å². The molecule has 0 radical (unpaired) electrons. The van der Waals surface area contributed by atoms with E-state index in [2.05, 4.69) is 36.4 Å². The van der Waals surface area contributed by atoms with E-state index < -0.39 is 0 Å². The van der Waals surface area contributed by atoms with Gasteiger partial charge in [0.1, 0.15) is 0 Å². The highest BCUT2D eigenvalue weighted by Crippen LogP contribution is 2.30. The van der Waals surface area contributed by atoms with E-state index in [1.54, 1.807) is 11.3 Å². The van der Waals surface area contributed by atoms with Gasteiger partial charge in [-0.2, -0.15) is 5.10 Å². The van der Waals surface area contributed by atoms with Crippen molar-refractivity contribution >= 4 is 27.5 Å². The topological polar surface area (TPSA) is 51.0 Å². The van der Waals surface area contributed by atoms with Crippen molar-refractivity contribution in [3.05, 3.63) is 102 Å². The number of thiazole rings is 1. The molecule has 6 heteroatoms. The number of likely N-dealkylation sites (tertiary alicyclic amines) is 1. The van der Waals surface area contributed by atoms with Crippen LogP contribution in [0.5, 0.6) is 0 Å². The zero-order valence-electron chi connectivity index (χ0n) is 19.4. The van der Waals surface area contributed by atoms with E-state index in [0.717, 1.165) is 59.0 Å². The van der Waals surface area contributed by atoms with E-state index in [-0.39, 0.29) is 5.91 Å². The van der Waals surface area contributed by atoms with Gasteiger partial charge in [-0.3, -0.25) is 4.79 Å². The Morgan fingerprint density at radius 3 is 2.31 bits per heavy atom. The van der Waals surface area contributed by atoms with Gasteiger partial charge < -0.3 is 4.90 Å². The quantitative estimate of drug-likeness (QED) is 0.300. The van der Waals surface area contributed by atoms with Crippen LogP contribution < -0.4 is 0 Å². The molecule has 0 bridgehead atoms. The number of para-hydroxylation sites is 1. The third kappa shape index (κ3) is 4.49. The predicted molar refractivity (Wildman–Crippen MR) is 141 cm³/mol. The highest BCUT2D eigenvalue weighted by atomic mass is 32.1. The van der Waals surface area contributed by atoms with Crippen molar-refractivity contribution < 1.29 is 4.79 Å². The summed E-state index contributed by atoms with van der Waals surface area (Å²) in [6, 6.07) is 30.7. The molecule has 0 unspecified atom stereocenters. The van der Waals surface area contributed by atoms with Crippen LogP contribution >= 0.6 is 11.3 Å². The summed E-state index contributed by atoms with van der Waals surface area (Å²) < 4.78 is 2.93. The Kier molecular flexibility index (Phi) is 5.88. The maximum atomic E-state index is 13.5. The maximum absolute atomic E-state index is 13.5. The molecule has 6 rings (SSSR count). The molecule has 0 aliphatic carbocycles. The highest BCUT2D eigenvalue weighted by Gasteiger charge is 2.27. The summed E-state index contributed by atoms with van der Waals surface area (Å²) in [4.78, 5) is 20.3. The van der Waals surface area contributed by atoms with Crippen LogP contribution in [0.1, 0.15) is 28.9 Å². The first-order valence-electron chi connectivity index (χ1n) is 12.1. The number of amides is 1. The van der Waals surface area contributed by atoms with Crippen molar-refractivity contribution in [3.8, 4) is 16.4 Å². The van der Waals surface area contributed by atoms with Gasteiger partial charge in [0, 0.05) is 18.7 Å². The molecule has 0 saturated carbocycles. The lowest BCUT2D eigenvalue weighted by molar-refractivity contribution is 0.0684. The minimum Gasteiger partial charge on any atom is -0.337 e. The van der Waals surface area contributed by atoms with Crippen LogP contribution in [-0.4, -0.2) is 38.7 Å². The molecule has 5 nitrogen and oxygen atoms in total. The molecule has 0 spiro atoms. The van der Waals surface area contributed by atoms with Gasteiger partial charge in [0.15, 0.2) is 5.69 Å². The molecule has 0 N–H and O–H groups in total. The lowest BCUT2D eigenvalue weighted by atomic mass is 9.90. The molecule has 1 fully saturated rings. The van der Waals surface area contributed by atoms with Gasteiger partial charge in [-0.1, -0.05) is 84.1 Å². The minimum atomic E-state index is 0.000188. The summed E-state index contributed by atoms with van der Waals surface area (Å²) in [6.45, 7) is 1.54. The molecule has 2 aromatic heterocycles. The van der Waals surface area contributed by atoms with Crippen LogP contribution in [0.15, 0.2) is 91.0 Å². The van der Waals surface area contributed by atoms with Crippen molar-refractivity contribution in [2.75, 3.05) is 13.1 Å². The average molecular weight is 479 g/mol. The highest BCUT2D eigenvalue weighted by molar-refractivity contribution is 7.20. The summed E-state index contributed by atoms with van der Waals surface area (Å²) in [5, 5.41) is 5.56. The Morgan fingerprint density at radius 2 is 1.57 bits per heavy atom. The van der Waals surface area contributed by atoms with Gasteiger partial charge in [-0.15, -0.1) is 0 Å². The number of piperidine rings is 1. The van der Waals surface area contributed by atoms with Gasteiger partial charge in [0.2, 0.25) is 5.13 Å². The Bertz CT molecular complexity index is 1420. The van der Waals surface area contributed by atoms with Gasteiger partial charge in [0.05, 0.1) is 15.9 Å². The number of benzene rings is 3. The molecule has 1 aliphatic heterocycles. The maximum Gasteiger partial charge on any atom is 0.274 e. The predicted octanol–water partition coefficient (Wildman–Crippen LogP) is 6.24. The number of fused-ring (bicyclic) bond motifs is 1. The molecule has 1 aliphatic rings.